The molecule has 1 N–H and O–H groups in total. The minimum atomic E-state index is -0.758. The average molecular weight is 272 g/mol. The van der Waals surface area contributed by atoms with Gasteiger partial charge in [0.15, 0.2) is 0 Å². The van der Waals surface area contributed by atoms with E-state index < -0.39 is 5.97 Å². The van der Waals surface area contributed by atoms with Crippen molar-refractivity contribution in [1.82, 2.24) is 9.80 Å². The van der Waals surface area contributed by atoms with Gasteiger partial charge in [0.25, 0.3) is 0 Å². The number of urea groups is 1. The predicted octanol–water partition coefficient (Wildman–Crippen LogP) is 1.34. The highest BCUT2D eigenvalue weighted by atomic mass is 32.2. The Hall–Kier alpha value is -0.910. The van der Waals surface area contributed by atoms with Gasteiger partial charge in [-0.25, -0.2) is 4.79 Å². The number of amides is 2. The molecule has 2 saturated heterocycles. The molecular formula is C12H20N2O3S. The fourth-order valence-electron chi connectivity index (χ4n) is 3.07. The van der Waals surface area contributed by atoms with E-state index in [4.69, 9.17) is 5.11 Å². The Morgan fingerprint density at radius 1 is 1.44 bits per heavy atom. The predicted molar refractivity (Wildman–Crippen MR) is 70.8 cm³/mol. The molecule has 0 aromatic carbocycles. The molecule has 0 radical (unpaired) electrons. The maximum absolute atomic E-state index is 12.3. The lowest BCUT2D eigenvalue weighted by atomic mass is 9.89. The molecule has 2 bridgehead atoms. The summed E-state index contributed by atoms with van der Waals surface area (Å²) in [5.41, 5.74) is 0. The molecule has 5 nitrogen and oxygen atoms in total. The Kier molecular flexibility index (Phi) is 4.04. The van der Waals surface area contributed by atoms with Crippen molar-refractivity contribution >= 4 is 23.8 Å². The number of carboxylic acid groups (broad SMARTS) is 1. The summed E-state index contributed by atoms with van der Waals surface area (Å²) in [5.74, 6) is -0.207. The van der Waals surface area contributed by atoms with Crippen LogP contribution in [0, 0.1) is 5.92 Å². The van der Waals surface area contributed by atoms with Gasteiger partial charge in [-0.3, -0.25) is 4.79 Å². The van der Waals surface area contributed by atoms with Gasteiger partial charge in [0, 0.05) is 31.4 Å². The van der Waals surface area contributed by atoms with Crippen LogP contribution in [0.3, 0.4) is 0 Å². The first-order chi connectivity index (χ1) is 8.56. The first kappa shape index (κ1) is 13.5. The second kappa shape index (κ2) is 5.38. The van der Waals surface area contributed by atoms with E-state index >= 15 is 0 Å². The van der Waals surface area contributed by atoms with E-state index in [1.54, 1.807) is 23.7 Å². The zero-order valence-corrected chi connectivity index (χ0v) is 11.7. The lowest BCUT2D eigenvalue weighted by molar-refractivity contribution is -0.142. The number of rotatable bonds is 4. The molecule has 2 heterocycles. The Morgan fingerprint density at radius 3 is 2.72 bits per heavy atom. The van der Waals surface area contributed by atoms with Crippen LogP contribution >= 0.6 is 11.8 Å². The standard InChI is InChI=1S/C12H20N2O3S/c1-13(5-6-18-2)12(17)14-8-3-4-10(14)9(7-8)11(15)16/h8-10H,3-7H2,1-2H3,(H,15,16). The number of carbonyl (C=O) groups excluding carboxylic acids is 1. The second-order valence-corrected chi connectivity index (χ2v) is 6.07. The number of carboxylic acids is 1. The van der Waals surface area contributed by atoms with Crippen LogP contribution in [0.25, 0.3) is 0 Å². The number of hydrogen-bond acceptors (Lipinski definition) is 3. The van der Waals surface area contributed by atoms with E-state index in [1.165, 1.54) is 0 Å². The van der Waals surface area contributed by atoms with E-state index in [9.17, 15) is 9.59 Å². The van der Waals surface area contributed by atoms with Crippen molar-refractivity contribution in [3.8, 4) is 0 Å². The van der Waals surface area contributed by atoms with Gasteiger partial charge in [0.1, 0.15) is 0 Å². The molecule has 2 aliphatic heterocycles. The van der Waals surface area contributed by atoms with Crippen LogP contribution in [0.5, 0.6) is 0 Å². The van der Waals surface area contributed by atoms with Crippen LogP contribution in [0.4, 0.5) is 4.79 Å². The van der Waals surface area contributed by atoms with Gasteiger partial charge in [0.05, 0.1) is 5.92 Å². The molecule has 0 aliphatic carbocycles. The fraction of sp³-hybridized carbons (Fsp3) is 0.833. The summed E-state index contributed by atoms with van der Waals surface area (Å²) in [6.07, 6.45) is 4.43. The van der Waals surface area contributed by atoms with E-state index in [1.807, 2.05) is 11.2 Å². The number of carbonyl (C=O) groups is 2. The minimum Gasteiger partial charge on any atom is -0.481 e. The fourth-order valence-corrected chi connectivity index (χ4v) is 3.53. The SMILES string of the molecule is CSCCN(C)C(=O)N1C2CCC1C(C(=O)O)C2. The molecule has 0 spiro atoms. The highest BCUT2D eigenvalue weighted by Gasteiger charge is 2.51. The van der Waals surface area contributed by atoms with Crippen molar-refractivity contribution in [2.45, 2.75) is 31.3 Å². The van der Waals surface area contributed by atoms with E-state index in [-0.39, 0.29) is 24.0 Å². The first-order valence-electron chi connectivity index (χ1n) is 6.31. The van der Waals surface area contributed by atoms with Crippen molar-refractivity contribution in [2.75, 3.05) is 25.6 Å². The van der Waals surface area contributed by atoms with Gasteiger partial charge in [-0.15, -0.1) is 0 Å². The highest BCUT2D eigenvalue weighted by Crippen LogP contribution is 2.42. The quantitative estimate of drug-likeness (QED) is 0.839. The summed E-state index contributed by atoms with van der Waals surface area (Å²) >= 11 is 1.71. The molecule has 2 aliphatic rings. The summed E-state index contributed by atoms with van der Waals surface area (Å²) in [7, 11) is 1.80. The number of fused-ring (bicyclic) bond motifs is 2. The monoisotopic (exact) mass is 272 g/mol. The van der Waals surface area contributed by atoms with Gasteiger partial charge in [-0.05, 0) is 25.5 Å². The molecule has 2 amide bonds. The van der Waals surface area contributed by atoms with Gasteiger partial charge in [0.2, 0.25) is 0 Å². The molecule has 0 saturated carbocycles. The molecular weight excluding hydrogens is 252 g/mol. The Morgan fingerprint density at radius 2 is 2.17 bits per heavy atom. The number of thioether (sulfide) groups is 1. The second-order valence-electron chi connectivity index (χ2n) is 5.08. The Bertz CT molecular complexity index is 350. The molecule has 18 heavy (non-hydrogen) atoms. The zero-order chi connectivity index (χ0) is 13.3. The van der Waals surface area contributed by atoms with Gasteiger partial charge in [-0.2, -0.15) is 11.8 Å². The molecule has 0 aromatic heterocycles. The van der Waals surface area contributed by atoms with Crippen molar-refractivity contribution < 1.29 is 14.7 Å². The molecule has 3 atom stereocenters. The molecule has 2 rings (SSSR count). The molecule has 6 heteroatoms. The maximum Gasteiger partial charge on any atom is 0.320 e. The minimum absolute atomic E-state index is 0.000278. The third-order valence-electron chi connectivity index (χ3n) is 4.03. The van der Waals surface area contributed by atoms with Crippen molar-refractivity contribution in [3.63, 3.8) is 0 Å². The largest absolute Gasteiger partial charge is 0.481 e. The van der Waals surface area contributed by atoms with Crippen LogP contribution in [0.1, 0.15) is 19.3 Å². The van der Waals surface area contributed by atoms with Crippen LogP contribution in [0.2, 0.25) is 0 Å². The summed E-state index contributed by atoms with van der Waals surface area (Å²) in [5, 5.41) is 9.16. The summed E-state index contributed by atoms with van der Waals surface area (Å²) in [4.78, 5) is 27.0. The van der Waals surface area contributed by atoms with E-state index in [0.29, 0.717) is 13.0 Å². The molecule has 0 aromatic rings. The zero-order valence-electron chi connectivity index (χ0n) is 10.8. The maximum atomic E-state index is 12.3. The van der Waals surface area contributed by atoms with Crippen LogP contribution in [-0.4, -0.2) is 64.6 Å². The molecule has 2 fully saturated rings. The summed E-state index contributed by atoms with van der Waals surface area (Å²) < 4.78 is 0. The average Bonchev–Trinajstić information content (AvgIpc) is 2.92. The number of nitrogens with zero attached hydrogens (tertiary/aromatic N) is 2. The lowest BCUT2D eigenvalue weighted by Crippen LogP contribution is -2.45. The number of hydrogen-bond donors (Lipinski definition) is 1. The third kappa shape index (κ3) is 2.30. The summed E-state index contributed by atoms with van der Waals surface area (Å²) in [6, 6.07) is 0.0531. The molecule has 102 valence electrons. The van der Waals surface area contributed by atoms with Crippen molar-refractivity contribution in [1.29, 1.82) is 0 Å². The third-order valence-corrected chi connectivity index (χ3v) is 4.62. The van der Waals surface area contributed by atoms with Gasteiger partial charge in [-0.1, -0.05) is 0 Å². The van der Waals surface area contributed by atoms with Crippen LogP contribution < -0.4 is 0 Å². The topological polar surface area (TPSA) is 60.9 Å². The van der Waals surface area contributed by atoms with Crippen LogP contribution in [-0.2, 0) is 4.79 Å². The Labute approximate surface area is 112 Å². The molecule has 3 unspecified atom stereocenters. The van der Waals surface area contributed by atoms with Crippen LogP contribution in [0.15, 0.2) is 0 Å². The number of aliphatic carboxylic acids is 1. The summed E-state index contributed by atoms with van der Waals surface area (Å²) in [6.45, 7) is 0.716. The lowest BCUT2D eigenvalue weighted by Gasteiger charge is -2.28. The van der Waals surface area contributed by atoms with Crippen molar-refractivity contribution in [3.05, 3.63) is 0 Å². The normalized spacial score (nSPS) is 29.7. The highest BCUT2D eigenvalue weighted by molar-refractivity contribution is 7.98. The Balaban J connectivity index is 2.01. The van der Waals surface area contributed by atoms with Gasteiger partial charge < -0.3 is 14.9 Å². The van der Waals surface area contributed by atoms with Crippen molar-refractivity contribution in [2.24, 2.45) is 5.92 Å². The van der Waals surface area contributed by atoms with E-state index in [2.05, 4.69) is 0 Å². The smallest absolute Gasteiger partial charge is 0.320 e. The van der Waals surface area contributed by atoms with Gasteiger partial charge >= 0.3 is 12.0 Å². The first-order valence-corrected chi connectivity index (χ1v) is 7.70. The van der Waals surface area contributed by atoms with E-state index in [0.717, 1.165) is 18.6 Å².